The lowest BCUT2D eigenvalue weighted by Gasteiger charge is -2.17. The normalized spacial score (nSPS) is 16.4. The van der Waals surface area contributed by atoms with Crippen LogP contribution < -0.4 is 10.1 Å². The van der Waals surface area contributed by atoms with Crippen LogP contribution in [-0.4, -0.2) is 27.4 Å². The van der Waals surface area contributed by atoms with Crippen molar-refractivity contribution in [2.45, 2.75) is 25.8 Å². The second-order valence-corrected chi connectivity index (χ2v) is 5.67. The summed E-state index contributed by atoms with van der Waals surface area (Å²) in [6.07, 6.45) is 3.72. The lowest BCUT2D eigenvalue weighted by atomic mass is 10.0. The van der Waals surface area contributed by atoms with E-state index in [-0.39, 0.29) is 0 Å². The van der Waals surface area contributed by atoms with Gasteiger partial charge >= 0.3 is 0 Å². The Morgan fingerprint density at radius 1 is 1.32 bits per heavy atom. The van der Waals surface area contributed by atoms with Crippen molar-refractivity contribution in [3.05, 3.63) is 28.8 Å². The van der Waals surface area contributed by atoms with Gasteiger partial charge in [0.1, 0.15) is 5.75 Å². The van der Waals surface area contributed by atoms with Crippen LogP contribution in [0.3, 0.4) is 0 Å². The second-order valence-electron chi connectivity index (χ2n) is 5.27. The van der Waals surface area contributed by atoms with Crippen LogP contribution in [0.4, 0.5) is 0 Å². The third-order valence-corrected chi connectivity index (χ3v) is 4.25. The summed E-state index contributed by atoms with van der Waals surface area (Å²) in [5, 5.41) is 4.27. The van der Waals surface area contributed by atoms with Gasteiger partial charge in [-0.2, -0.15) is 0 Å². The van der Waals surface area contributed by atoms with Gasteiger partial charge in [-0.1, -0.05) is 17.7 Å². The molecular weight excluding hydrogens is 262 g/mol. The zero-order chi connectivity index (χ0) is 13.7. The van der Waals surface area contributed by atoms with Crippen LogP contribution >= 0.6 is 11.6 Å². The maximum absolute atomic E-state index is 6.22. The lowest BCUT2D eigenvalue weighted by molar-refractivity contribution is 0.171. The highest BCUT2D eigenvalue weighted by Gasteiger charge is 2.41. The summed E-state index contributed by atoms with van der Waals surface area (Å²) in [5.41, 5.74) is 1.49. The molecule has 0 atom stereocenters. The van der Waals surface area contributed by atoms with Gasteiger partial charge in [-0.3, -0.25) is 0 Å². The van der Waals surface area contributed by atoms with Crippen molar-refractivity contribution in [2.24, 2.45) is 5.41 Å². The summed E-state index contributed by atoms with van der Waals surface area (Å²) in [6, 6.07) is 5.76. The fraction of sp³-hybridized carbons (Fsp3) is 0.600. The maximum atomic E-state index is 6.22. The molecule has 4 heteroatoms. The predicted octanol–water partition coefficient (Wildman–Crippen LogP) is 3.25. The van der Waals surface area contributed by atoms with Crippen LogP contribution in [-0.2, 0) is 11.3 Å². The van der Waals surface area contributed by atoms with Gasteiger partial charge < -0.3 is 14.8 Å². The Labute approximate surface area is 120 Å². The number of hydrogen-bond donors (Lipinski definition) is 1. The summed E-state index contributed by atoms with van der Waals surface area (Å²) in [4.78, 5) is 0. The zero-order valence-corrected chi connectivity index (χ0v) is 12.4. The molecule has 1 aliphatic rings. The number of halogens is 1. The van der Waals surface area contributed by atoms with Gasteiger partial charge in [-0.05, 0) is 36.8 Å². The van der Waals surface area contributed by atoms with E-state index in [1.54, 1.807) is 14.2 Å². The molecule has 3 nitrogen and oxygen atoms in total. The van der Waals surface area contributed by atoms with E-state index < -0.39 is 0 Å². The predicted molar refractivity (Wildman–Crippen MR) is 77.9 cm³/mol. The number of methoxy groups -OCH3 is 2. The van der Waals surface area contributed by atoms with Crippen molar-refractivity contribution in [1.29, 1.82) is 0 Å². The molecule has 1 aliphatic carbocycles. The van der Waals surface area contributed by atoms with Crippen LogP contribution in [0.5, 0.6) is 5.75 Å². The number of hydrogen-bond acceptors (Lipinski definition) is 3. The molecule has 1 N–H and O–H groups in total. The van der Waals surface area contributed by atoms with E-state index in [0.29, 0.717) is 5.41 Å². The number of benzene rings is 1. The summed E-state index contributed by atoms with van der Waals surface area (Å²) in [5.74, 6) is 0.849. The molecule has 0 heterocycles. The van der Waals surface area contributed by atoms with Gasteiger partial charge in [0.15, 0.2) is 0 Å². The topological polar surface area (TPSA) is 30.5 Å². The molecular formula is C15H22ClNO2. The van der Waals surface area contributed by atoms with E-state index in [1.807, 2.05) is 18.2 Å². The minimum Gasteiger partial charge on any atom is -0.496 e. The standard InChI is InChI=1S/C15H22ClNO2/c1-18-9-8-15(6-7-15)11-17-10-12-13(16)4-3-5-14(12)19-2/h3-5,17H,6-11H2,1-2H3. The van der Waals surface area contributed by atoms with Gasteiger partial charge in [0.2, 0.25) is 0 Å². The SMILES string of the molecule is COCCC1(CNCc2c(Cl)cccc2OC)CC1. The highest BCUT2D eigenvalue weighted by molar-refractivity contribution is 6.31. The summed E-state index contributed by atoms with van der Waals surface area (Å²) in [7, 11) is 3.44. The molecule has 2 rings (SSSR count). The van der Waals surface area contributed by atoms with Crippen molar-refractivity contribution in [3.63, 3.8) is 0 Å². The Balaban J connectivity index is 1.86. The first-order chi connectivity index (χ1) is 9.21. The molecule has 1 aromatic rings. The van der Waals surface area contributed by atoms with Crippen LogP contribution in [0.2, 0.25) is 5.02 Å². The van der Waals surface area contributed by atoms with Crippen molar-refractivity contribution in [2.75, 3.05) is 27.4 Å². The minimum absolute atomic E-state index is 0.449. The van der Waals surface area contributed by atoms with Gasteiger partial charge in [0.05, 0.1) is 7.11 Å². The first kappa shape index (κ1) is 14.6. The van der Waals surface area contributed by atoms with Gasteiger partial charge in [0.25, 0.3) is 0 Å². The lowest BCUT2D eigenvalue weighted by Crippen LogP contribution is -2.25. The molecule has 0 bridgehead atoms. The highest BCUT2D eigenvalue weighted by atomic mass is 35.5. The first-order valence-electron chi connectivity index (χ1n) is 6.72. The summed E-state index contributed by atoms with van der Waals surface area (Å²) >= 11 is 6.22. The van der Waals surface area contributed by atoms with E-state index in [2.05, 4.69) is 5.32 Å². The Hall–Kier alpha value is -0.770. The van der Waals surface area contributed by atoms with E-state index in [0.717, 1.165) is 42.5 Å². The van der Waals surface area contributed by atoms with Crippen LogP contribution in [0.25, 0.3) is 0 Å². The molecule has 0 saturated heterocycles. The van der Waals surface area contributed by atoms with Crippen molar-refractivity contribution >= 4 is 11.6 Å². The molecule has 0 unspecified atom stereocenters. The molecule has 19 heavy (non-hydrogen) atoms. The Morgan fingerprint density at radius 3 is 2.74 bits per heavy atom. The van der Waals surface area contributed by atoms with Crippen LogP contribution in [0.1, 0.15) is 24.8 Å². The van der Waals surface area contributed by atoms with Gasteiger partial charge in [-0.15, -0.1) is 0 Å². The maximum Gasteiger partial charge on any atom is 0.124 e. The second kappa shape index (κ2) is 6.60. The minimum atomic E-state index is 0.449. The van der Waals surface area contributed by atoms with Crippen LogP contribution in [0.15, 0.2) is 18.2 Å². The largest absolute Gasteiger partial charge is 0.496 e. The monoisotopic (exact) mass is 283 g/mol. The molecule has 0 aromatic heterocycles. The van der Waals surface area contributed by atoms with Crippen LogP contribution in [0, 0.1) is 5.41 Å². The van der Waals surface area contributed by atoms with E-state index >= 15 is 0 Å². The number of rotatable bonds is 8. The fourth-order valence-electron chi connectivity index (χ4n) is 2.36. The molecule has 1 fully saturated rings. The Kier molecular flexibility index (Phi) is 5.08. The molecule has 0 radical (unpaired) electrons. The van der Waals surface area contributed by atoms with Crippen molar-refractivity contribution in [1.82, 2.24) is 5.32 Å². The average molecular weight is 284 g/mol. The molecule has 106 valence electrons. The Morgan fingerprint density at radius 2 is 2.11 bits per heavy atom. The van der Waals surface area contributed by atoms with Gasteiger partial charge in [-0.25, -0.2) is 0 Å². The highest BCUT2D eigenvalue weighted by Crippen LogP contribution is 2.48. The number of nitrogens with one attached hydrogen (secondary N) is 1. The Bertz CT molecular complexity index is 419. The molecule has 0 aliphatic heterocycles. The quantitative estimate of drug-likeness (QED) is 0.794. The smallest absolute Gasteiger partial charge is 0.124 e. The fourth-order valence-corrected chi connectivity index (χ4v) is 2.60. The van der Waals surface area contributed by atoms with E-state index in [1.165, 1.54) is 12.8 Å². The van der Waals surface area contributed by atoms with Crippen molar-refractivity contribution < 1.29 is 9.47 Å². The molecule has 0 spiro atoms. The summed E-state index contributed by atoms with van der Waals surface area (Å²) < 4.78 is 10.5. The molecule has 0 amide bonds. The average Bonchev–Trinajstić information content (AvgIpc) is 3.19. The third kappa shape index (κ3) is 3.85. The van der Waals surface area contributed by atoms with Gasteiger partial charge in [0, 0.05) is 37.4 Å². The molecule has 1 aromatic carbocycles. The third-order valence-electron chi connectivity index (χ3n) is 3.89. The van der Waals surface area contributed by atoms with Crippen molar-refractivity contribution in [3.8, 4) is 5.75 Å². The molecule has 1 saturated carbocycles. The van der Waals surface area contributed by atoms with E-state index in [9.17, 15) is 0 Å². The number of ether oxygens (including phenoxy) is 2. The van der Waals surface area contributed by atoms with E-state index in [4.69, 9.17) is 21.1 Å². The first-order valence-corrected chi connectivity index (χ1v) is 7.10. The zero-order valence-electron chi connectivity index (χ0n) is 11.7. The summed E-state index contributed by atoms with van der Waals surface area (Å²) in [6.45, 7) is 2.61.